The van der Waals surface area contributed by atoms with Crippen molar-refractivity contribution in [2.45, 2.75) is 45.2 Å². The molecule has 3 aromatic carbocycles. The van der Waals surface area contributed by atoms with E-state index in [0.29, 0.717) is 41.0 Å². The summed E-state index contributed by atoms with van der Waals surface area (Å²) >= 11 is 0. The van der Waals surface area contributed by atoms with Crippen LogP contribution in [-0.2, 0) is 6.54 Å². The van der Waals surface area contributed by atoms with E-state index in [1.165, 1.54) is 0 Å². The lowest BCUT2D eigenvalue weighted by molar-refractivity contribution is 0.0932. The van der Waals surface area contributed by atoms with Gasteiger partial charge >= 0.3 is 6.09 Å². The number of hydrogen-bond donors (Lipinski definition) is 3. The Hall–Kier alpha value is -4.43. The fourth-order valence-corrected chi connectivity index (χ4v) is 6.02. The first kappa shape index (κ1) is 29.1. The average molecular weight is 567 g/mol. The summed E-state index contributed by atoms with van der Waals surface area (Å²) in [7, 11) is 0. The van der Waals surface area contributed by atoms with E-state index >= 15 is 0 Å². The number of carboxylic acid groups (broad SMARTS) is 1. The maximum Gasteiger partial charge on any atom is 0.404 e. The van der Waals surface area contributed by atoms with Gasteiger partial charge in [0.25, 0.3) is 11.5 Å². The van der Waals surface area contributed by atoms with Crippen molar-refractivity contribution in [3.05, 3.63) is 112 Å². The number of likely N-dealkylation sites (tertiary alicyclic amines) is 1. The number of benzene rings is 3. The highest BCUT2D eigenvalue weighted by Crippen LogP contribution is 2.28. The fraction of sp³-hybridized carbons (Fsp3) is 0.324. The van der Waals surface area contributed by atoms with Crippen LogP contribution in [0.4, 0.5) is 4.79 Å². The molecule has 1 aliphatic rings. The Bertz CT molecular complexity index is 1580. The van der Waals surface area contributed by atoms with Gasteiger partial charge in [-0.25, -0.2) is 4.79 Å². The van der Waals surface area contributed by atoms with E-state index in [4.69, 9.17) is 5.11 Å². The van der Waals surface area contributed by atoms with Crippen LogP contribution in [0.1, 0.15) is 60.3 Å². The van der Waals surface area contributed by atoms with Crippen molar-refractivity contribution in [2.75, 3.05) is 19.6 Å². The standard InChI is InChI=1S/C34H38N4O4/c1-2-29(25-11-5-3-6-12-25)36-32(39)31-27-15-9-10-16-28(27)33(40)38(26-13-7-4-8-14-26)30(31)23-37-21-18-24(19-22-37)17-20-35-34(41)42/h3-16,24,29,35H,2,17-23H2,1H3,(H,36,39)(H,41,42). The number of piperidine rings is 1. The molecule has 218 valence electrons. The van der Waals surface area contributed by atoms with Crippen LogP contribution in [0.2, 0.25) is 0 Å². The van der Waals surface area contributed by atoms with E-state index < -0.39 is 6.09 Å². The molecule has 1 aromatic heterocycles. The molecule has 0 radical (unpaired) electrons. The Labute approximate surface area is 246 Å². The number of fused-ring (bicyclic) bond motifs is 1. The maximum absolute atomic E-state index is 14.3. The number of hydrogen-bond acceptors (Lipinski definition) is 4. The molecule has 2 amide bonds. The number of pyridine rings is 1. The number of aromatic nitrogens is 1. The zero-order valence-electron chi connectivity index (χ0n) is 24.0. The number of nitrogens with zero attached hydrogens (tertiary/aromatic N) is 2. The third-order valence-corrected chi connectivity index (χ3v) is 8.25. The lowest BCUT2D eigenvalue weighted by atomic mass is 9.93. The zero-order valence-corrected chi connectivity index (χ0v) is 24.0. The monoisotopic (exact) mass is 566 g/mol. The van der Waals surface area contributed by atoms with Crippen LogP contribution in [0.15, 0.2) is 89.7 Å². The number of carbonyl (C=O) groups is 2. The second kappa shape index (κ2) is 13.5. The van der Waals surface area contributed by atoms with Crippen molar-refractivity contribution in [1.29, 1.82) is 0 Å². The summed E-state index contributed by atoms with van der Waals surface area (Å²) in [5.41, 5.74) is 2.82. The Kier molecular flexibility index (Phi) is 9.34. The van der Waals surface area contributed by atoms with E-state index in [9.17, 15) is 14.4 Å². The molecule has 1 aliphatic heterocycles. The van der Waals surface area contributed by atoms with Crippen LogP contribution >= 0.6 is 0 Å². The maximum atomic E-state index is 14.3. The predicted octanol–water partition coefficient (Wildman–Crippen LogP) is 5.74. The quantitative estimate of drug-likeness (QED) is 0.227. The van der Waals surface area contributed by atoms with Gasteiger partial charge in [-0.1, -0.05) is 73.7 Å². The van der Waals surface area contributed by atoms with Gasteiger partial charge in [0.2, 0.25) is 0 Å². The van der Waals surface area contributed by atoms with Crippen molar-refractivity contribution in [3.63, 3.8) is 0 Å². The zero-order chi connectivity index (χ0) is 29.5. The molecule has 0 bridgehead atoms. The Balaban J connectivity index is 1.54. The molecule has 0 aliphatic carbocycles. The number of nitrogens with one attached hydrogen (secondary N) is 2. The second-order valence-corrected chi connectivity index (χ2v) is 10.9. The first-order valence-corrected chi connectivity index (χ1v) is 14.7. The summed E-state index contributed by atoms with van der Waals surface area (Å²) in [4.78, 5) is 41.5. The molecule has 8 heteroatoms. The summed E-state index contributed by atoms with van der Waals surface area (Å²) < 4.78 is 1.71. The number of amides is 2. The third-order valence-electron chi connectivity index (χ3n) is 8.25. The topological polar surface area (TPSA) is 104 Å². The summed E-state index contributed by atoms with van der Waals surface area (Å²) in [5.74, 6) is 0.233. The van der Waals surface area contributed by atoms with Gasteiger partial charge in [-0.2, -0.15) is 0 Å². The second-order valence-electron chi connectivity index (χ2n) is 10.9. The number of carbonyl (C=O) groups excluding carboxylic acids is 1. The molecule has 8 nitrogen and oxygen atoms in total. The van der Waals surface area contributed by atoms with Gasteiger partial charge in [0, 0.05) is 29.5 Å². The summed E-state index contributed by atoms with van der Waals surface area (Å²) in [6.45, 7) is 4.55. The largest absolute Gasteiger partial charge is 0.465 e. The van der Waals surface area contributed by atoms with Crippen molar-refractivity contribution in [3.8, 4) is 5.69 Å². The lowest BCUT2D eigenvalue weighted by Gasteiger charge is -2.33. The number of para-hydroxylation sites is 1. The van der Waals surface area contributed by atoms with E-state index in [2.05, 4.69) is 22.5 Å². The van der Waals surface area contributed by atoms with Gasteiger partial charge in [0.05, 0.1) is 17.3 Å². The predicted molar refractivity (Wildman–Crippen MR) is 165 cm³/mol. The molecular weight excluding hydrogens is 528 g/mol. The van der Waals surface area contributed by atoms with Crippen LogP contribution in [0.3, 0.4) is 0 Å². The van der Waals surface area contributed by atoms with Crippen LogP contribution in [0.5, 0.6) is 0 Å². The first-order chi connectivity index (χ1) is 20.5. The highest BCUT2D eigenvalue weighted by Gasteiger charge is 2.27. The molecule has 1 unspecified atom stereocenters. The van der Waals surface area contributed by atoms with Gasteiger partial charge in [0.1, 0.15) is 0 Å². The molecule has 4 aromatic rings. The normalized spacial score (nSPS) is 14.9. The van der Waals surface area contributed by atoms with Crippen molar-refractivity contribution in [2.24, 2.45) is 5.92 Å². The van der Waals surface area contributed by atoms with Gasteiger partial charge in [0.15, 0.2) is 0 Å². The Morgan fingerprint density at radius 2 is 1.52 bits per heavy atom. The minimum Gasteiger partial charge on any atom is -0.465 e. The highest BCUT2D eigenvalue weighted by atomic mass is 16.4. The molecule has 0 spiro atoms. The van der Waals surface area contributed by atoms with E-state index in [1.54, 1.807) is 10.6 Å². The Morgan fingerprint density at radius 1 is 0.905 bits per heavy atom. The van der Waals surface area contributed by atoms with Crippen molar-refractivity contribution in [1.82, 2.24) is 20.1 Å². The minimum absolute atomic E-state index is 0.145. The van der Waals surface area contributed by atoms with Gasteiger partial charge in [-0.15, -0.1) is 0 Å². The highest BCUT2D eigenvalue weighted by molar-refractivity contribution is 6.08. The third kappa shape index (κ3) is 6.55. The van der Waals surface area contributed by atoms with Gasteiger partial charge in [-0.3, -0.25) is 19.1 Å². The van der Waals surface area contributed by atoms with Crippen LogP contribution in [0.25, 0.3) is 16.5 Å². The van der Waals surface area contributed by atoms with Gasteiger partial charge < -0.3 is 15.7 Å². The van der Waals surface area contributed by atoms with E-state index in [0.717, 1.165) is 50.0 Å². The molecule has 1 saturated heterocycles. The molecule has 1 atom stereocenters. The fourth-order valence-electron chi connectivity index (χ4n) is 6.02. The number of rotatable bonds is 10. The SMILES string of the molecule is CCC(NC(=O)c1c(CN2CCC(CCNC(=O)O)CC2)n(-c2ccccc2)c(=O)c2ccccc12)c1ccccc1. The smallest absolute Gasteiger partial charge is 0.404 e. The van der Waals surface area contributed by atoms with E-state index in [-0.39, 0.29) is 17.5 Å². The first-order valence-electron chi connectivity index (χ1n) is 14.7. The van der Waals surface area contributed by atoms with Crippen molar-refractivity contribution < 1.29 is 14.7 Å². The molecule has 0 saturated carbocycles. The molecule has 3 N–H and O–H groups in total. The lowest BCUT2D eigenvalue weighted by Crippen LogP contribution is -2.38. The molecule has 42 heavy (non-hydrogen) atoms. The van der Waals surface area contributed by atoms with Crippen LogP contribution in [-0.4, -0.2) is 46.2 Å². The molecular formula is C34H38N4O4. The summed E-state index contributed by atoms with van der Waals surface area (Å²) in [6.07, 6.45) is 2.39. The average Bonchev–Trinajstić information content (AvgIpc) is 3.01. The minimum atomic E-state index is -0.994. The van der Waals surface area contributed by atoms with Crippen molar-refractivity contribution >= 4 is 22.8 Å². The van der Waals surface area contributed by atoms with Crippen LogP contribution in [0, 0.1) is 5.92 Å². The summed E-state index contributed by atoms with van der Waals surface area (Å²) in [6, 6.07) is 26.7. The molecule has 2 heterocycles. The summed E-state index contributed by atoms with van der Waals surface area (Å²) in [5, 5.41) is 15.8. The Morgan fingerprint density at radius 3 is 2.17 bits per heavy atom. The molecule has 1 fully saturated rings. The van der Waals surface area contributed by atoms with Gasteiger partial charge in [-0.05, 0) is 68.5 Å². The van der Waals surface area contributed by atoms with E-state index in [1.807, 2.05) is 78.9 Å². The van der Waals surface area contributed by atoms with Crippen LogP contribution < -0.4 is 16.2 Å². The molecule has 5 rings (SSSR count).